The first kappa shape index (κ1) is 11.7. The summed E-state index contributed by atoms with van der Waals surface area (Å²) in [6.45, 7) is 6.25. The third kappa shape index (κ3) is 2.18. The normalized spacial score (nSPS) is 20.3. The van der Waals surface area contributed by atoms with E-state index in [0.29, 0.717) is 10.9 Å². The van der Waals surface area contributed by atoms with E-state index in [4.69, 9.17) is 11.6 Å². The van der Waals surface area contributed by atoms with E-state index in [9.17, 15) is 5.11 Å². The molecule has 3 heteroatoms. The number of aryl methyl sites for hydroxylation is 1. The van der Waals surface area contributed by atoms with Gasteiger partial charge in [0.2, 0.25) is 0 Å². The first-order valence-corrected chi connectivity index (χ1v) is 6.15. The number of benzene rings is 1. The molecule has 1 fully saturated rings. The highest BCUT2D eigenvalue weighted by Gasteiger charge is 2.18. The summed E-state index contributed by atoms with van der Waals surface area (Å²) < 4.78 is 0. The van der Waals surface area contributed by atoms with Gasteiger partial charge in [-0.25, -0.2) is 0 Å². The summed E-state index contributed by atoms with van der Waals surface area (Å²) in [5.74, 6) is 0.906. The molecule has 0 aliphatic carbocycles. The van der Waals surface area contributed by atoms with Gasteiger partial charge >= 0.3 is 0 Å². The van der Waals surface area contributed by atoms with Crippen molar-refractivity contribution >= 4 is 11.6 Å². The van der Waals surface area contributed by atoms with Crippen molar-refractivity contribution in [2.75, 3.05) is 13.1 Å². The molecule has 1 unspecified atom stereocenters. The Labute approximate surface area is 102 Å². The van der Waals surface area contributed by atoms with Gasteiger partial charge < -0.3 is 10.4 Å². The molecule has 1 aromatic rings. The molecular formula is C13H18ClNO. The van der Waals surface area contributed by atoms with Gasteiger partial charge in [-0.1, -0.05) is 11.6 Å². The summed E-state index contributed by atoms with van der Waals surface area (Å²) >= 11 is 6.07. The predicted molar refractivity (Wildman–Crippen MR) is 67.3 cm³/mol. The summed E-state index contributed by atoms with van der Waals surface area (Å²) in [5.41, 5.74) is 3.48. The van der Waals surface area contributed by atoms with E-state index in [2.05, 4.69) is 5.32 Å². The van der Waals surface area contributed by atoms with Crippen LogP contribution < -0.4 is 5.32 Å². The number of phenolic OH excluding ortho intramolecular Hbond substituents is 1. The van der Waals surface area contributed by atoms with Crippen molar-refractivity contribution in [2.24, 2.45) is 5.92 Å². The van der Waals surface area contributed by atoms with Crippen LogP contribution >= 0.6 is 11.6 Å². The van der Waals surface area contributed by atoms with Crippen molar-refractivity contribution in [3.63, 3.8) is 0 Å². The SMILES string of the molecule is Cc1cc(O)c(Cl)c(C)c1CC1CCNC1. The Hall–Kier alpha value is -0.730. The summed E-state index contributed by atoms with van der Waals surface area (Å²) in [6, 6.07) is 1.77. The Balaban J connectivity index is 2.28. The molecule has 0 radical (unpaired) electrons. The van der Waals surface area contributed by atoms with Crippen molar-refractivity contribution in [1.29, 1.82) is 0 Å². The molecule has 1 saturated heterocycles. The number of rotatable bonds is 2. The summed E-state index contributed by atoms with van der Waals surface area (Å²) in [6.07, 6.45) is 2.29. The summed E-state index contributed by atoms with van der Waals surface area (Å²) in [7, 11) is 0. The molecule has 1 aliphatic heterocycles. The molecule has 0 bridgehead atoms. The third-order valence-electron chi connectivity index (χ3n) is 3.49. The van der Waals surface area contributed by atoms with Gasteiger partial charge in [0.25, 0.3) is 0 Å². The molecule has 0 spiro atoms. The zero-order valence-electron chi connectivity index (χ0n) is 9.81. The van der Waals surface area contributed by atoms with Gasteiger partial charge in [-0.2, -0.15) is 0 Å². The highest BCUT2D eigenvalue weighted by molar-refractivity contribution is 6.32. The molecule has 2 rings (SSSR count). The van der Waals surface area contributed by atoms with Crippen molar-refractivity contribution < 1.29 is 5.11 Å². The molecule has 0 aromatic heterocycles. The van der Waals surface area contributed by atoms with E-state index in [1.165, 1.54) is 12.0 Å². The Kier molecular flexibility index (Phi) is 3.41. The minimum absolute atomic E-state index is 0.199. The van der Waals surface area contributed by atoms with Gasteiger partial charge in [0, 0.05) is 0 Å². The van der Waals surface area contributed by atoms with E-state index in [1.54, 1.807) is 6.07 Å². The average molecular weight is 240 g/mol. The van der Waals surface area contributed by atoms with Gasteiger partial charge in [-0.3, -0.25) is 0 Å². The number of halogens is 1. The standard InChI is InChI=1S/C13H18ClNO/c1-8-5-12(16)13(14)9(2)11(8)6-10-3-4-15-7-10/h5,10,15-16H,3-4,6-7H2,1-2H3. The van der Waals surface area contributed by atoms with Crippen LogP contribution in [-0.4, -0.2) is 18.2 Å². The molecular weight excluding hydrogens is 222 g/mol. The zero-order chi connectivity index (χ0) is 11.7. The lowest BCUT2D eigenvalue weighted by Crippen LogP contribution is -2.12. The van der Waals surface area contributed by atoms with Crippen LogP contribution in [0.25, 0.3) is 0 Å². The fourth-order valence-electron chi connectivity index (χ4n) is 2.47. The topological polar surface area (TPSA) is 32.3 Å². The van der Waals surface area contributed by atoms with Crippen LogP contribution in [0.5, 0.6) is 5.75 Å². The number of nitrogens with one attached hydrogen (secondary N) is 1. The van der Waals surface area contributed by atoms with Crippen LogP contribution in [0, 0.1) is 19.8 Å². The number of phenols is 1. The molecule has 1 heterocycles. The number of aromatic hydroxyl groups is 1. The molecule has 1 atom stereocenters. The fourth-order valence-corrected chi connectivity index (χ4v) is 2.64. The maximum absolute atomic E-state index is 9.62. The van der Waals surface area contributed by atoms with E-state index in [1.807, 2.05) is 13.8 Å². The predicted octanol–water partition coefficient (Wildman–Crippen LogP) is 2.81. The fraction of sp³-hybridized carbons (Fsp3) is 0.538. The van der Waals surface area contributed by atoms with Gasteiger partial charge in [0.1, 0.15) is 5.75 Å². The minimum Gasteiger partial charge on any atom is -0.506 e. The average Bonchev–Trinajstić information content (AvgIpc) is 2.74. The summed E-state index contributed by atoms with van der Waals surface area (Å²) in [4.78, 5) is 0. The van der Waals surface area contributed by atoms with Crippen molar-refractivity contribution in [1.82, 2.24) is 5.32 Å². The third-order valence-corrected chi connectivity index (χ3v) is 3.97. The lowest BCUT2D eigenvalue weighted by molar-refractivity contribution is 0.473. The van der Waals surface area contributed by atoms with Crippen LogP contribution in [0.15, 0.2) is 6.07 Å². The van der Waals surface area contributed by atoms with Crippen molar-refractivity contribution in [2.45, 2.75) is 26.7 Å². The van der Waals surface area contributed by atoms with Crippen LogP contribution in [0.3, 0.4) is 0 Å². The van der Waals surface area contributed by atoms with E-state index >= 15 is 0 Å². The second-order valence-electron chi connectivity index (χ2n) is 4.69. The second kappa shape index (κ2) is 4.64. The monoisotopic (exact) mass is 239 g/mol. The smallest absolute Gasteiger partial charge is 0.134 e. The molecule has 0 amide bonds. The lowest BCUT2D eigenvalue weighted by atomic mass is 9.92. The second-order valence-corrected chi connectivity index (χ2v) is 5.07. The minimum atomic E-state index is 0.199. The van der Waals surface area contributed by atoms with Gasteiger partial charge in [0.15, 0.2) is 0 Å². The van der Waals surface area contributed by atoms with Crippen LogP contribution in [-0.2, 0) is 6.42 Å². The van der Waals surface area contributed by atoms with Gasteiger partial charge in [0.05, 0.1) is 5.02 Å². The largest absolute Gasteiger partial charge is 0.506 e. The maximum Gasteiger partial charge on any atom is 0.134 e. The molecule has 88 valence electrons. The zero-order valence-corrected chi connectivity index (χ0v) is 10.6. The van der Waals surface area contributed by atoms with Crippen molar-refractivity contribution in [3.05, 3.63) is 27.8 Å². The molecule has 2 N–H and O–H groups in total. The first-order chi connectivity index (χ1) is 7.59. The Morgan fingerprint density at radius 2 is 2.25 bits per heavy atom. The quantitative estimate of drug-likeness (QED) is 0.832. The number of hydrogen-bond donors (Lipinski definition) is 2. The highest BCUT2D eigenvalue weighted by atomic mass is 35.5. The van der Waals surface area contributed by atoms with Gasteiger partial charge in [-0.05, 0) is 68.5 Å². The lowest BCUT2D eigenvalue weighted by Gasteiger charge is -2.16. The van der Waals surface area contributed by atoms with E-state index in [0.717, 1.165) is 30.6 Å². The Morgan fingerprint density at radius 3 is 2.88 bits per heavy atom. The van der Waals surface area contributed by atoms with Gasteiger partial charge in [-0.15, -0.1) is 0 Å². The highest BCUT2D eigenvalue weighted by Crippen LogP contribution is 2.33. The van der Waals surface area contributed by atoms with E-state index in [-0.39, 0.29) is 5.75 Å². The van der Waals surface area contributed by atoms with E-state index < -0.39 is 0 Å². The maximum atomic E-state index is 9.62. The summed E-state index contributed by atoms with van der Waals surface area (Å²) in [5, 5.41) is 13.5. The molecule has 0 saturated carbocycles. The molecule has 2 nitrogen and oxygen atoms in total. The Bertz CT molecular complexity index is 397. The molecule has 16 heavy (non-hydrogen) atoms. The van der Waals surface area contributed by atoms with Crippen LogP contribution in [0.1, 0.15) is 23.1 Å². The van der Waals surface area contributed by atoms with Crippen LogP contribution in [0.4, 0.5) is 0 Å². The van der Waals surface area contributed by atoms with Crippen molar-refractivity contribution in [3.8, 4) is 5.75 Å². The van der Waals surface area contributed by atoms with Crippen LogP contribution in [0.2, 0.25) is 5.02 Å². The molecule has 1 aromatic carbocycles. The molecule has 1 aliphatic rings. The first-order valence-electron chi connectivity index (χ1n) is 5.78. The Morgan fingerprint density at radius 1 is 1.50 bits per heavy atom. The number of hydrogen-bond acceptors (Lipinski definition) is 2.